The summed E-state index contributed by atoms with van der Waals surface area (Å²) in [7, 11) is 1.60. The summed E-state index contributed by atoms with van der Waals surface area (Å²) in [5.74, 6) is 0.144. The fourth-order valence-corrected chi connectivity index (χ4v) is 3.41. The van der Waals surface area contributed by atoms with Crippen LogP contribution in [-0.4, -0.2) is 36.9 Å². The zero-order valence-corrected chi connectivity index (χ0v) is 14.8. The van der Waals surface area contributed by atoms with Gasteiger partial charge in [-0.1, -0.05) is 42.5 Å². The van der Waals surface area contributed by atoms with Gasteiger partial charge in [0.15, 0.2) is 0 Å². The zero-order valence-electron chi connectivity index (χ0n) is 14.8. The molecule has 0 aromatic heterocycles. The van der Waals surface area contributed by atoms with Crippen LogP contribution in [0.3, 0.4) is 0 Å². The second kappa shape index (κ2) is 8.01. The first kappa shape index (κ1) is 17.9. The minimum atomic E-state index is -0.572. The van der Waals surface area contributed by atoms with Crippen molar-refractivity contribution in [3.63, 3.8) is 0 Å². The molecule has 1 aliphatic heterocycles. The van der Waals surface area contributed by atoms with Gasteiger partial charge in [-0.2, -0.15) is 0 Å². The van der Waals surface area contributed by atoms with E-state index in [-0.39, 0.29) is 12.5 Å². The summed E-state index contributed by atoms with van der Waals surface area (Å²) < 4.78 is 5.29. The summed E-state index contributed by atoms with van der Waals surface area (Å²) in [6, 6.07) is 14.7. The molecule has 136 valence electrons. The summed E-state index contributed by atoms with van der Waals surface area (Å²) in [5.41, 5.74) is 8.53. The number of nitrogens with one attached hydrogen (secondary N) is 1. The molecule has 3 rings (SSSR count). The monoisotopic (exact) mass is 353 g/mol. The van der Waals surface area contributed by atoms with E-state index in [1.807, 2.05) is 53.4 Å². The number of nitrogens with zero attached hydrogens (tertiary/aromatic N) is 1. The highest BCUT2D eigenvalue weighted by Crippen LogP contribution is 2.29. The first-order valence-electron chi connectivity index (χ1n) is 8.60. The highest BCUT2D eigenvalue weighted by molar-refractivity contribution is 5.84. The lowest BCUT2D eigenvalue weighted by atomic mass is 9.92. The minimum absolute atomic E-state index is 0.122. The van der Waals surface area contributed by atoms with Gasteiger partial charge in [0.25, 0.3) is 0 Å². The normalized spacial score (nSPS) is 16.6. The van der Waals surface area contributed by atoms with Gasteiger partial charge in [0.2, 0.25) is 11.8 Å². The van der Waals surface area contributed by atoms with Crippen LogP contribution in [0.25, 0.3) is 0 Å². The van der Waals surface area contributed by atoms with E-state index in [1.165, 1.54) is 0 Å². The van der Waals surface area contributed by atoms with E-state index in [2.05, 4.69) is 5.32 Å². The van der Waals surface area contributed by atoms with Crippen molar-refractivity contribution >= 4 is 11.8 Å². The van der Waals surface area contributed by atoms with Gasteiger partial charge in [-0.25, -0.2) is 0 Å². The molecule has 0 aliphatic carbocycles. The molecular weight excluding hydrogens is 330 g/mol. The average Bonchev–Trinajstić information content (AvgIpc) is 2.66. The predicted octanol–water partition coefficient (Wildman–Crippen LogP) is 1.40. The molecule has 0 bridgehead atoms. The third-order valence-electron chi connectivity index (χ3n) is 4.67. The molecule has 2 aromatic carbocycles. The van der Waals surface area contributed by atoms with E-state index in [9.17, 15) is 9.59 Å². The largest absolute Gasteiger partial charge is 0.496 e. The fourth-order valence-electron chi connectivity index (χ4n) is 3.41. The molecule has 3 N–H and O–H groups in total. The molecule has 1 atom stereocenters. The average molecular weight is 353 g/mol. The van der Waals surface area contributed by atoms with Crippen LogP contribution in [0.5, 0.6) is 5.75 Å². The van der Waals surface area contributed by atoms with Crippen LogP contribution >= 0.6 is 0 Å². The quantitative estimate of drug-likeness (QED) is 0.822. The van der Waals surface area contributed by atoms with Gasteiger partial charge in [-0.05, 0) is 23.6 Å². The number of ether oxygens (including phenoxy) is 1. The number of rotatable bonds is 6. The Labute approximate surface area is 152 Å². The van der Waals surface area contributed by atoms with Crippen LogP contribution in [-0.2, 0) is 22.6 Å². The molecule has 1 heterocycles. The van der Waals surface area contributed by atoms with E-state index >= 15 is 0 Å². The summed E-state index contributed by atoms with van der Waals surface area (Å²) in [5, 5.41) is 2.89. The van der Waals surface area contributed by atoms with Gasteiger partial charge in [-0.15, -0.1) is 0 Å². The van der Waals surface area contributed by atoms with E-state index in [0.29, 0.717) is 13.1 Å². The number of carbonyl (C=O) groups is 2. The maximum atomic E-state index is 12.4. The number of fused-ring (bicyclic) bond motifs is 1. The Hall–Kier alpha value is -2.86. The van der Waals surface area contributed by atoms with E-state index < -0.39 is 11.9 Å². The molecule has 6 nitrogen and oxygen atoms in total. The Morgan fingerprint density at radius 3 is 2.69 bits per heavy atom. The van der Waals surface area contributed by atoms with Crippen molar-refractivity contribution in [2.75, 3.05) is 20.2 Å². The number of carbonyl (C=O) groups excluding carboxylic acids is 2. The van der Waals surface area contributed by atoms with Crippen LogP contribution in [0.2, 0.25) is 0 Å². The fraction of sp³-hybridized carbons (Fsp3) is 0.300. The van der Waals surface area contributed by atoms with Crippen molar-refractivity contribution in [2.45, 2.75) is 19.0 Å². The van der Waals surface area contributed by atoms with E-state index in [0.717, 1.165) is 28.9 Å². The van der Waals surface area contributed by atoms with Gasteiger partial charge >= 0.3 is 0 Å². The van der Waals surface area contributed by atoms with E-state index in [4.69, 9.17) is 10.5 Å². The second-order valence-corrected chi connectivity index (χ2v) is 6.31. The molecule has 0 fully saturated rings. The van der Waals surface area contributed by atoms with Crippen molar-refractivity contribution < 1.29 is 14.3 Å². The SMILES string of the molecule is COc1ccccc1CNC(=O)CN1CCc2ccccc2C1C(N)=O. The Morgan fingerprint density at radius 2 is 1.92 bits per heavy atom. The molecule has 0 saturated carbocycles. The lowest BCUT2D eigenvalue weighted by molar-refractivity contribution is -0.127. The van der Waals surface area contributed by atoms with Crippen LogP contribution in [0.15, 0.2) is 48.5 Å². The highest BCUT2D eigenvalue weighted by atomic mass is 16.5. The molecule has 2 amide bonds. The number of para-hydroxylation sites is 1. The summed E-state index contributed by atoms with van der Waals surface area (Å²) in [4.78, 5) is 26.3. The molecule has 2 aromatic rings. The number of methoxy groups -OCH3 is 1. The molecular formula is C20H23N3O3. The molecule has 26 heavy (non-hydrogen) atoms. The number of benzene rings is 2. The van der Waals surface area contributed by atoms with Crippen LogP contribution in [0.1, 0.15) is 22.7 Å². The van der Waals surface area contributed by atoms with Crippen molar-refractivity contribution in [1.29, 1.82) is 0 Å². The third-order valence-corrected chi connectivity index (χ3v) is 4.67. The predicted molar refractivity (Wildman–Crippen MR) is 98.5 cm³/mol. The summed E-state index contributed by atoms with van der Waals surface area (Å²) in [6.45, 7) is 1.11. The van der Waals surface area contributed by atoms with E-state index in [1.54, 1.807) is 7.11 Å². The topological polar surface area (TPSA) is 84.7 Å². The molecule has 1 aliphatic rings. The van der Waals surface area contributed by atoms with Crippen molar-refractivity contribution in [3.05, 3.63) is 65.2 Å². The van der Waals surface area contributed by atoms with Crippen LogP contribution < -0.4 is 15.8 Å². The Balaban J connectivity index is 1.66. The van der Waals surface area contributed by atoms with Crippen molar-refractivity contribution in [3.8, 4) is 5.75 Å². The molecule has 0 spiro atoms. The van der Waals surface area contributed by atoms with Crippen molar-refractivity contribution in [1.82, 2.24) is 10.2 Å². The van der Waals surface area contributed by atoms with Gasteiger partial charge < -0.3 is 15.8 Å². The Kier molecular flexibility index (Phi) is 5.53. The second-order valence-electron chi connectivity index (χ2n) is 6.31. The summed E-state index contributed by atoms with van der Waals surface area (Å²) >= 11 is 0. The van der Waals surface area contributed by atoms with Crippen LogP contribution in [0, 0.1) is 0 Å². The Morgan fingerprint density at radius 1 is 1.19 bits per heavy atom. The van der Waals surface area contributed by atoms with Gasteiger partial charge in [0.05, 0.1) is 13.7 Å². The summed E-state index contributed by atoms with van der Waals surface area (Å²) in [6.07, 6.45) is 0.791. The number of primary amides is 1. The lowest BCUT2D eigenvalue weighted by Crippen LogP contribution is -2.46. The number of hydrogen-bond donors (Lipinski definition) is 2. The van der Waals surface area contributed by atoms with Gasteiger partial charge in [0.1, 0.15) is 11.8 Å². The number of amides is 2. The van der Waals surface area contributed by atoms with Crippen LogP contribution in [0.4, 0.5) is 0 Å². The maximum absolute atomic E-state index is 12.4. The minimum Gasteiger partial charge on any atom is -0.496 e. The molecule has 0 radical (unpaired) electrons. The smallest absolute Gasteiger partial charge is 0.239 e. The maximum Gasteiger partial charge on any atom is 0.239 e. The number of nitrogens with two attached hydrogens (primary N) is 1. The first-order valence-corrected chi connectivity index (χ1v) is 8.60. The van der Waals surface area contributed by atoms with Gasteiger partial charge in [0, 0.05) is 18.7 Å². The van der Waals surface area contributed by atoms with Crippen molar-refractivity contribution in [2.24, 2.45) is 5.73 Å². The molecule has 1 unspecified atom stereocenters. The Bertz CT molecular complexity index is 806. The number of hydrogen-bond acceptors (Lipinski definition) is 4. The highest BCUT2D eigenvalue weighted by Gasteiger charge is 2.32. The molecule has 6 heteroatoms. The molecule has 0 saturated heterocycles. The standard InChI is InChI=1S/C20H23N3O3/c1-26-17-9-5-3-7-15(17)12-22-18(24)13-23-11-10-14-6-2-4-8-16(14)19(23)20(21)25/h2-9,19H,10-13H2,1H3,(H2,21,25)(H,22,24). The lowest BCUT2D eigenvalue weighted by Gasteiger charge is -2.34. The zero-order chi connectivity index (χ0) is 18.5. The van der Waals surface area contributed by atoms with Gasteiger partial charge in [-0.3, -0.25) is 14.5 Å². The third kappa shape index (κ3) is 3.86. The first-order chi connectivity index (χ1) is 12.6.